The van der Waals surface area contributed by atoms with Gasteiger partial charge in [-0.05, 0) is 48.6 Å². The fraction of sp³-hybridized carbons (Fsp3) is 0.318. The number of halogens is 1. The quantitative estimate of drug-likeness (QED) is 0.577. The summed E-state index contributed by atoms with van der Waals surface area (Å²) in [5.41, 5.74) is 1.35. The minimum absolute atomic E-state index is 0.0291. The second-order valence-electron chi connectivity index (χ2n) is 7.13. The predicted molar refractivity (Wildman–Crippen MR) is 111 cm³/mol. The molecule has 1 amide bonds. The summed E-state index contributed by atoms with van der Waals surface area (Å²) in [6, 6.07) is 14.1. The Morgan fingerprint density at radius 1 is 1.07 bits per heavy atom. The minimum atomic E-state index is -0.574. The Balaban J connectivity index is 1.31. The van der Waals surface area contributed by atoms with Gasteiger partial charge in [0.1, 0.15) is 18.2 Å². The molecule has 1 aliphatic carbocycles. The van der Waals surface area contributed by atoms with Gasteiger partial charge in [0, 0.05) is 0 Å². The van der Waals surface area contributed by atoms with Crippen LogP contribution >= 0.6 is 11.3 Å². The maximum absolute atomic E-state index is 13.7. The molecule has 1 N–H and O–H groups in total. The largest absolute Gasteiger partial charge is 0.486 e. The first kappa shape index (κ1) is 19.5. The summed E-state index contributed by atoms with van der Waals surface area (Å²) in [7, 11) is 0. The highest BCUT2D eigenvalue weighted by Gasteiger charge is 2.16. The van der Waals surface area contributed by atoms with Crippen LogP contribution in [0.5, 0.6) is 5.75 Å². The van der Waals surface area contributed by atoms with Gasteiger partial charge in [0.05, 0.1) is 5.56 Å². The highest BCUT2D eigenvalue weighted by atomic mass is 32.1. The zero-order chi connectivity index (χ0) is 20.1. The summed E-state index contributed by atoms with van der Waals surface area (Å²) >= 11 is 1.21. The molecular weight excluding hydrogens is 389 g/mol. The van der Waals surface area contributed by atoms with Crippen LogP contribution in [0.25, 0.3) is 0 Å². The number of ether oxygens (including phenoxy) is 1. The Kier molecular flexibility index (Phi) is 6.14. The molecule has 1 aromatic heterocycles. The second-order valence-corrected chi connectivity index (χ2v) is 8.19. The van der Waals surface area contributed by atoms with E-state index in [1.807, 2.05) is 12.1 Å². The number of rotatable bonds is 6. The van der Waals surface area contributed by atoms with Gasteiger partial charge in [0.15, 0.2) is 5.01 Å². The number of carbonyl (C=O) groups excluding carboxylic acids is 1. The van der Waals surface area contributed by atoms with E-state index in [4.69, 9.17) is 4.74 Å². The SMILES string of the molecule is O=C(Nc1nnc(COc2ccc(C3CCCCC3)cc2)s1)c1ccccc1F. The molecule has 0 bridgehead atoms. The zero-order valence-electron chi connectivity index (χ0n) is 15.9. The van der Waals surface area contributed by atoms with Crippen molar-refractivity contribution in [2.45, 2.75) is 44.6 Å². The maximum atomic E-state index is 13.7. The Bertz CT molecular complexity index is 968. The number of amides is 1. The second kappa shape index (κ2) is 9.13. The Labute approximate surface area is 172 Å². The first-order chi connectivity index (χ1) is 14.2. The van der Waals surface area contributed by atoms with Crippen LogP contribution in [0.1, 0.15) is 59.0 Å². The van der Waals surface area contributed by atoms with E-state index < -0.39 is 11.7 Å². The third-order valence-corrected chi connectivity index (χ3v) is 5.94. The molecular formula is C22H22FN3O2S. The van der Waals surface area contributed by atoms with Crippen LogP contribution in [0.3, 0.4) is 0 Å². The smallest absolute Gasteiger partial charge is 0.260 e. The van der Waals surface area contributed by atoms with Crippen molar-refractivity contribution in [1.82, 2.24) is 10.2 Å². The zero-order valence-corrected chi connectivity index (χ0v) is 16.8. The van der Waals surface area contributed by atoms with Crippen LogP contribution < -0.4 is 10.1 Å². The van der Waals surface area contributed by atoms with E-state index >= 15 is 0 Å². The third kappa shape index (κ3) is 4.98. The Hall–Kier alpha value is -2.80. The van der Waals surface area contributed by atoms with E-state index in [0.29, 0.717) is 16.1 Å². The number of nitrogens with zero attached hydrogens (tertiary/aromatic N) is 2. The van der Waals surface area contributed by atoms with E-state index in [2.05, 4.69) is 27.6 Å². The molecule has 7 heteroatoms. The summed E-state index contributed by atoms with van der Waals surface area (Å²) < 4.78 is 19.5. The van der Waals surface area contributed by atoms with Gasteiger partial charge in [-0.3, -0.25) is 10.1 Å². The maximum Gasteiger partial charge on any atom is 0.260 e. The van der Waals surface area contributed by atoms with Gasteiger partial charge < -0.3 is 4.74 Å². The molecule has 150 valence electrons. The van der Waals surface area contributed by atoms with Gasteiger partial charge in [-0.25, -0.2) is 4.39 Å². The fourth-order valence-electron chi connectivity index (χ4n) is 3.59. The van der Waals surface area contributed by atoms with Crippen LogP contribution in [0.15, 0.2) is 48.5 Å². The lowest BCUT2D eigenvalue weighted by Crippen LogP contribution is -2.13. The molecule has 0 aliphatic heterocycles. The molecule has 0 saturated heterocycles. The number of hydrogen-bond donors (Lipinski definition) is 1. The molecule has 0 unspecified atom stereocenters. The van der Waals surface area contributed by atoms with Crippen LogP contribution in [0, 0.1) is 5.82 Å². The van der Waals surface area contributed by atoms with Gasteiger partial charge in [-0.1, -0.05) is 54.9 Å². The van der Waals surface area contributed by atoms with Crippen molar-refractivity contribution in [3.05, 3.63) is 70.5 Å². The topological polar surface area (TPSA) is 64.1 Å². The van der Waals surface area contributed by atoms with E-state index in [0.717, 1.165) is 5.75 Å². The predicted octanol–water partition coefficient (Wildman–Crippen LogP) is 5.56. The summed E-state index contributed by atoms with van der Waals surface area (Å²) in [6.45, 7) is 0.260. The molecule has 0 atom stereocenters. The van der Waals surface area contributed by atoms with Crippen molar-refractivity contribution in [3.63, 3.8) is 0 Å². The molecule has 0 spiro atoms. The van der Waals surface area contributed by atoms with E-state index in [1.54, 1.807) is 6.07 Å². The minimum Gasteiger partial charge on any atom is -0.486 e. The first-order valence-electron chi connectivity index (χ1n) is 9.80. The van der Waals surface area contributed by atoms with Gasteiger partial charge in [-0.2, -0.15) is 0 Å². The number of anilines is 1. The summed E-state index contributed by atoms with van der Waals surface area (Å²) in [5.74, 6) is 0.318. The van der Waals surface area contributed by atoms with Gasteiger partial charge in [0.2, 0.25) is 5.13 Å². The van der Waals surface area contributed by atoms with Crippen molar-refractivity contribution < 1.29 is 13.9 Å². The molecule has 1 saturated carbocycles. The summed E-state index contributed by atoms with van der Waals surface area (Å²) in [6.07, 6.45) is 6.52. The molecule has 4 rings (SSSR count). The first-order valence-corrected chi connectivity index (χ1v) is 10.6. The van der Waals surface area contributed by atoms with E-state index in [9.17, 15) is 9.18 Å². The summed E-state index contributed by atoms with van der Waals surface area (Å²) in [5, 5.41) is 11.5. The number of benzene rings is 2. The van der Waals surface area contributed by atoms with Crippen molar-refractivity contribution >= 4 is 22.4 Å². The monoisotopic (exact) mass is 411 g/mol. The van der Waals surface area contributed by atoms with Gasteiger partial charge >= 0.3 is 0 Å². The lowest BCUT2D eigenvalue weighted by Gasteiger charge is -2.22. The average molecular weight is 412 g/mol. The van der Waals surface area contributed by atoms with E-state index in [-0.39, 0.29) is 12.2 Å². The van der Waals surface area contributed by atoms with Gasteiger partial charge in [-0.15, -0.1) is 10.2 Å². The Morgan fingerprint density at radius 3 is 2.59 bits per heavy atom. The lowest BCUT2D eigenvalue weighted by atomic mass is 9.84. The fourth-order valence-corrected chi connectivity index (χ4v) is 4.24. The summed E-state index contributed by atoms with van der Waals surface area (Å²) in [4.78, 5) is 12.1. The van der Waals surface area contributed by atoms with Crippen molar-refractivity contribution in [3.8, 4) is 5.75 Å². The van der Waals surface area contributed by atoms with Crippen molar-refractivity contribution in [1.29, 1.82) is 0 Å². The highest BCUT2D eigenvalue weighted by molar-refractivity contribution is 7.15. The molecule has 29 heavy (non-hydrogen) atoms. The number of carbonyl (C=O) groups is 1. The van der Waals surface area contributed by atoms with Crippen LogP contribution in [-0.2, 0) is 6.61 Å². The number of nitrogens with one attached hydrogen (secondary N) is 1. The standard InChI is InChI=1S/C22H22FN3O2S/c23-19-9-5-4-8-18(19)21(27)24-22-26-25-20(29-22)14-28-17-12-10-16(11-13-17)15-6-2-1-3-7-15/h4-5,8-13,15H,1-3,6-7,14H2,(H,24,26,27). The normalized spacial score (nSPS) is 14.5. The van der Waals surface area contributed by atoms with Crippen LogP contribution in [0.2, 0.25) is 0 Å². The van der Waals surface area contributed by atoms with Crippen molar-refractivity contribution in [2.24, 2.45) is 0 Å². The third-order valence-electron chi connectivity index (χ3n) is 5.12. The highest BCUT2D eigenvalue weighted by Crippen LogP contribution is 2.33. The number of hydrogen-bond acceptors (Lipinski definition) is 5. The molecule has 3 aromatic rings. The molecule has 0 radical (unpaired) electrons. The Morgan fingerprint density at radius 2 is 1.83 bits per heavy atom. The molecule has 1 fully saturated rings. The van der Waals surface area contributed by atoms with Gasteiger partial charge in [0.25, 0.3) is 5.91 Å². The lowest BCUT2D eigenvalue weighted by molar-refractivity contribution is 0.102. The van der Waals surface area contributed by atoms with E-state index in [1.165, 1.54) is 67.2 Å². The molecule has 2 aromatic carbocycles. The van der Waals surface area contributed by atoms with Crippen LogP contribution in [-0.4, -0.2) is 16.1 Å². The van der Waals surface area contributed by atoms with Crippen LogP contribution in [0.4, 0.5) is 9.52 Å². The van der Waals surface area contributed by atoms with Crippen molar-refractivity contribution in [2.75, 3.05) is 5.32 Å². The molecule has 1 heterocycles. The average Bonchev–Trinajstić information content (AvgIpc) is 3.21. The number of aromatic nitrogens is 2. The molecule has 5 nitrogen and oxygen atoms in total. The molecule has 1 aliphatic rings.